The first kappa shape index (κ1) is 12.1. The van der Waals surface area contributed by atoms with Crippen LogP contribution < -0.4 is 5.73 Å². The predicted molar refractivity (Wildman–Crippen MR) is 61.1 cm³/mol. The second-order valence-electron chi connectivity index (χ2n) is 3.96. The van der Waals surface area contributed by atoms with Crippen molar-refractivity contribution in [3.63, 3.8) is 0 Å². The quantitative estimate of drug-likeness (QED) is 0.807. The maximum absolute atomic E-state index is 12.8. The molecule has 0 aliphatic heterocycles. The highest BCUT2D eigenvalue weighted by atomic mass is 19.1. The number of nitrogens with two attached hydrogens (primary N) is 1. The number of nitrogens with zero attached hydrogens (tertiary/aromatic N) is 1. The van der Waals surface area contributed by atoms with Crippen LogP contribution in [-0.2, 0) is 0 Å². The number of rotatable bonds is 5. The molecule has 0 bridgehead atoms. The Balaban J connectivity index is 2.74. The van der Waals surface area contributed by atoms with Crippen LogP contribution >= 0.6 is 0 Å². The molecule has 1 atom stereocenters. The summed E-state index contributed by atoms with van der Waals surface area (Å²) >= 11 is 0. The van der Waals surface area contributed by atoms with Crippen molar-refractivity contribution < 1.29 is 4.39 Å². The molecule has 2 N–H and O–H groups in total. The van der Waals surface area contributed by atoms with Crippen molar-refractivity contribution in [3.05, 3.63) is 35.6 Å². The summed E-state index contributed by atoms with van der Waals surface area (Å²) < 4.78 is 12.8. The molecule has 0 radical (unpaired) electrons. The first-order chi connectivity index (χ1) is 7.15. The zero-order valence-electron chi connectivity index (χ0n) is 9.41. The van der Waals surface area contributed by atoms with Crippen LogP contribution in [0.15, 0.2) is 24.3 Å². The van der Waals surface area contributed by atoms with Crippen molar-refractivity contribution in [3.8, 4) is 0 Å². The minimum atomic E-state index is -0.185. The first-order valence-electron chi connectivity index (χ1n) is 5.27. The molecule has 0 aliphatic rings. The first-order valence-corrected chi connectivity index (χ1v) is 5.27. The fraction of sp³-hybridized carbons (Fsp3) is 0.500. The minimum Gasteiger partial charge on any atom is -0.330 e. The van der Waals surface area contributed by atoms with Gasteiger partial charge in [-0.15, -0.1) is 0 Å². The van der Waals surface area contributed by atoms with E-state index in [2.05, 4.69) is 4.90 Å². The van der Waals surface area contributed by atoms with Gasteiger partial charge in [-0.1, -0.05) is 12.1 Å². The van der Waals surface area contributed by atoms with Crippen LogP contribution in [0, 0.1) is 5.82 Å². The van der Waals surface area contributed by atoms with Crippen LogP contribution in [0.2, 0.25) is 0 Å². The van der Waals surface area contributed by atoms with Crippen molar-refractivity contribution in [2.75, 3.05) is 20.6 Å². The second-order valence-corrected chi connectivity index (χ2v) is 3.96. The molecule has 0 spiro atoms. The van der Waals surface area contributed by atoms with Gasteiger partial charge in [-0.25, -0.2) is 4.39 Å². The summed E-state index contributed by atoms with van der Waals surface area (Å²) in [7, 11) is 4.06. The molecule has 0 fully saturated rings. The van der Waals surface area contributed by atoms with E-state index in [9.17, 15) is 4.39 Å². The molecule has 0 amide bonds. The summed E-state index contributed by atoms with van der Waals surface area (Å²) in [6, 6.07) is 7.03. The van der Waals surface area contributed by atoms with Crippen LogP contribution in [0.5, 0.6) is 0 Å². The number of hydrogen-bond acceptors (Lipinski definition) is 2. The van der Waals surface area contributed by atoms with Gasteiger partial charge in [-0.2, -0.15) is 0 Å². The highest BCUT2D eigenvalue weighted by Gasteiger charge is 2.12. The smallest absolute Gasteiger partial charge is 0.123 e. The highest BCUT2D eigenvalue weighted by Crippen LogP contribution is 2.23. The molecule has 1 unspecified atom stereocenters. The lowest BCUT2D eigenvalue weighted by Gasteiger charge is -2.24. The van der Waals surface area contributed by atoms with Crippen LogP contribution in [0.4, 0.5) is 4.39 Å². The van der Waals surface area contributed by atoms with Crippen LogP contribution in [0.1, 0.15) is 24.4 Å². The second kappa shape index (κ2) is 5.83. The molecule has 0 saturated heterocycles. The summed E-state index contributed by atoms with van der Waals surface area (Å²) in [5, 5.41) is 0. The van der Waals surface area contributed by atoms with Gasteiger partial charge in [0.05, 0.1) is 0 Å². The molecule has 1 aromatic carbocycles. The largest absolute Gasteiger partial charge is 0.330 e. The Kier molecular flexibility index (Phi) is 4.72. The summed E-state index contributed by atoms with van der Waals surface area (Å²) in [6.07, 6.45) is 2.00. The third-order valence-electron chi connectivity index (χ3n) is 2.56. The molecule has 84 valence electrons. The molecule has 15 heavy (non-hydrogen) atoms. The van der Waals surface area contributed by atoms with E-state index in [4.69, 9.17) is 5.73 Å². The van der Waals surface area contributed by atoms with Gasteiger partial charge in [0.25, 0.3) is 0 Å². The Labute approximate surface area is 90.9 Å². The van der Waals surface area contributed by atoms with Gasteiger partial charge in [-0.05, 0) is 51.2 Å². The number of benzene rings is 1. The minimum absolute atomic E-state index is 0.185. The molecular formula is C12H19FN2. The van der Waals surface area contributed by atoms with Crippen LogP contribution in [0.25, 0.3) is 0 Å². The summed E-state index contributed by atoms with van der Waals surface area (Å²) in [5.41, 5.74) is 6.65. The maximum atomic E-state index is 12.8. The van der Waals surface area contributed by atoms with Crippen molar-refractivity contribution in [2.24, 2.45) is 5.73 Å². The topological polar surface area (TPSA) is 29.3 Å². The lowest BCUT2D eigenvalue weighted by molar-refractivity contribution is 0.280. The number of halogens is 1. The van der Waals surface area contributed by atoms with E-state index in [-0.39, 0.29) is 5.82 Å². The van der Waals surface area contributed by atoms with Gasteiger partial charge in [-0.3, -0.25) is 0 Å². The Morgan fingerprint density at radius 1 is 1.27 bits per heavy atom. The van der Waals surface area contributed by atoms with Crippen LogP contribution in [0.3, 0.4) is 0 Å². The lowest BCUT2D eigenvalue weighted by Crippen LogP contribution is -2.20. The van der Waals surface area contributed by atoms with E-state index in [1.807, 2.05) is 26.2 Å². The monoisotopic (exact) mass is 210 g/mol. The Bertz CT molecular complexity index is 282. The van der Waals surface area contributed by atoms with Crippen molar-refractivity contribution >= 4 is 0 Å². The van der Waals surface area contributed by atoms with E-state index in [1.54, 1.807) is 0 Å². The molecule has 2 nitrogen and oxygen atoms in total. The van der Waals surface area contributed by atoms with Gasteiger partial charge < -0.3 is 10.6 Å². The highest BCUT2D eigenvalue weighted by molar-refractivity contribution is 5.19. The van der Waals surface area contributed by atoms with Gasteiger partial charge in [0, 0.05) is 6.04 Å². The molecule has 1 rings (SSSR count). The average molecular weight is 210 g/mol. The van der Waals surface area contributed by atoms with E-state index >= 15 is 0 Å². The van der Waals surface area contributed by atoms with Crippen molar-refractivity contribution in [1.29, 1.82) is 0 Å². The predicted octanol–water partition coefficient (Wildman–Crippen LogP) is 2.17. The lowest BCUT2D eigenvalue weighted by atomic mass is 10.0. The zero-order valence-corrected chi connectivity index (χ0v) is 9.41. The van der Waals surface area contributed by atoms with E-state index < -0.39 is 0 Å². The van der Waals surface area contributed by atoms with Gasteiger partial charge >= 0.3 is 0 Å². The molecule has 0 aliphatic carbocycles. The summed E-state index contributed by atoms with van der Waals surface area (Å²) in [4.78, 5) is 2.14. The summed E-state index contributed by atoms with van der Waals surface area (Å²) in [5.74, 6) is -0.185. The van der Waals surface area contributed by atoms with Crippen molar-refractivity contribution in [2.45, 2.75) is 18.9 Å². The molecule has 3 heteroatoms. The van der Waals surface area contributed by atoms with Crippen molar-refractivity contribution in [1.82, 2.24) is 4.90 Å². The van der Waals surface area contributed by atoms with E-state index in [0.717, 1.165) is 18.4 Å². The Hall–Kier alpha value is -0.930. The third kappa shape index (κ3) is 3.61. The van der Waals surface area contributed by atoms with Gasteiger partial charge in [0.2, 0.25) is 0 Å². The third-order valence-corrected chi connectivity index (χ3v) is 2.56. The maximum Gasteiger partial charge on any atom is 0.123 e. The average Bonchev–Trinajstić information content (AvgIpc) is 2.21. The molecule has 0 aromatic heterocycles. The molecular weight excluding hydrogens is 191 g/mol. The van der Waals surface area contributed by atoms with Gasteiger partial charge in [0.15, 0.2) is 0 Å². The number of hydrogen-bond donors (Lipinski definition) is 1. The van der Waals surface area contributed by atoms with Crippen LogP contribution in [-0.4, -0.2) is 25.5 Å². The fourth-order valence-electron chi connectivity index (χ4n) is 1.72. The summed E-state index contributed by atoms with van der Waals surface area (Å²) in [6.45, 7) is 0.700. The Morgan fingerprint density at radius 2 is 1.87 bits per heavy atom. The molecule has 0 heterocycles. The van der Waals surface area contributed by atoms with E-state index in [1.165, 1.54) is 12.1 Å². The van der Waals surface area contributed by atoms with Gasteiger partial charge in [0.1, 0.15) is 5.82 Å². The normalized spacial score (nSPS) is 13.1. The van der Waals surface area contributed by atoms with E-state index in [0.29, 0.717) is 12.6 Å². The molecule has 1 aromatic rings. The standard InChI is InChI=1S/C12H19FN2/c1-15(2)12(4-3-9-14)10-5-7-11(13)8-6-10/h5-8,12H,3-4,9,14H2,1-2H3. The zero-order chi connectivity index (χ0) is 11.3. The Morgan fingerprint density at radius 3 is 2.33 bits per heavy atom. The SMILES string of the molecule is CN(C)C(CCCN)c1ccc(F)cc1. The fourth-order valence-corrected chi connectivity index (χ4v) is 1.72. The molecule has 0 saturated carbocycles.